The molecule has 0 N–H and O–H groups in total. The Morgan fingerprint density at radius 3 is 2.82 bits per heavy atom. The normalized spacial score (nSPS) is 26.5. The van der Waals surface area contributed by atoms with Crippen LogP contribution in [-0.4, -0.2) is 0 Å². The summed E-state index contributed by atoms with van der Waals surface area (Å²) in [7, 11) is 0. The molecule has 0 fully saturated rings. The first-order valence-corrected chi connectivity index (χ1v) is 3.83. The zero-order chi connectivity index (χ0) is 7.90. The van der Waals surface area contributed by atoms with Gasteiger partial charge in [0.15, 0.2) is 4.87 Å². The predicted octanol–water partition coefficient (Wildman–Crippen LogP) is 2.20. The Kier molecular flexibility index (Phi) is 1.21. The molecule has 0 radical (unpaired) electrons. The summed E-state index contributed by atoms with van der Waals surface area (Å²) in [5, 5.41) is 8.71. The molecule has 1 nitrogen and oxygen atoms in total. The summed E-state index contributed by atoms with van der Waals surface area (Å²) in [5.74, 6) is 0. The minimum atomic E-state index is -0.726. The number of fused-ring (bicyclic) bond motifs is 1. The SMILES string of the molecule is N#C[C@@]1(Cl)Cc2ccccc21. The van der Waals surface area contributed by atoms with Crippen LogP contribution in [0.1, 0.15) is 11.1 Å². The molecule has 1 aromatic carbocycles. The molecule has 0 aliphatic heterocycles. The van der Waals surface area contributed by atoms with Gasteiger partial charge in [0.1, 0.15) is 0 Å². The Labute approximate surface area is 70.2 Å². The van der Waals surface area contributed by atoms with Crippen molar-refractivity contribution in [1.82, 2.24) is 0 Å². The molecule has 1 aliphatic rings. The molecule has 2 rings (SSSR count). The van der Waals surface area contributed by atoms with E-state index in [9.17, 15) is 0 Å². The lowest BCUT2D eigenvalue weighted by Gasteiger charge is -2.32. The molecule has 54 valence electrons. The van der Waals surface area contributed by atoms with E-state index in [4.69, 9.17) is 16.9 Å². The largest absolute Gasteiger partial charge is 0.196 e. The number of alkyl halides is 1. The van der Waals surface area contributed by atoms with Gasteiger partial charge in [0.05, 0.1) is 6.07 Å². The van der Waals surface area contributed by atoms with Crippen molar-refractivity contribution in [2.24, 2.45) is 0 Å². The van der Waals surface area contributed by atoms with Crippen molar-refractivity contribution in [3.05, 3.63) is 35.4 Å². The highest BCUT2D eigenvalue weighted by Gasteiger charge is 2.40. The van der Waals surface area contributed by atoms with Gasteiger partial charge in [-0.25, -0.2) is 0 Å². The first-order chi connectivity index (χ1) is 5.26. The highest BCUT2D eigenvalue weighted by molar-refractivity contribution is 6.27. The summed E-state index contributed by atoms with van der Waals surface area (Å²) in [4.78, 5) is -0.726. The van der Waals surface area contributed by atoms with Crippen molar-refractivity contribution >= 4 is 11.6 Å². The smallest absolute Gasteiger partial charge is 0.160 e. The third-order valence-electron chi connectivity index (χ3n) is 2.06. The van der Waals surface area contributed by atoms with Crippen LogP contribution in [0.5, 0.6) is 0 Å². The van der Waals surface area contributed by atoms with Gasteiger partial charge in [0.25, 0.3) is 0 Å². The summed E-state index contributed by atoms with van der Waals surface area (Å²) >= 11 is 5.96. The topological polar surface area (TPSA) is 23.8 Å². The zero-order valence-corrected chi connectivity index (χ0v) is 6.60. The molecule has 1 aromatic rings. The predicted molar refractivity (Wildman–Crippen MR) is 43.3 cm³/mol. The van der Waals surface area contributed by atoms with E-state index in [1.165, 1.54) is 5.56 Å². The maximum absolute atomic E-state index is 8.71. The van der Waals surface area contributed by atoms with Crippen molar-refractivity contribution < 1.29 is 0 Å². The van der Waals surface area contributed by atoms with E-state index in [0.717, 1.165) is 5.56 Å². The standard InChI is InChI=1S/C9H6ClN/c10-9(6-11)5-7-3-1-2-4-8(7)9/h1-4H,5H2/t9-/m0/s1. The molecule has 0 bridgehead atoms. The highest BCUT2D eigenvalue weighted by atomic mass is 35.5. The molecule has 0 heterocycles. The maximum atomic E-state index is 8.71. The van der Waals surface area contributed by atoms with Gasteiger partial charge in [0.2, 0.25) is 0 Å². The lowest BCUT2D eigenvalue weighted by molar-refractivity contribution is 0.668. The summed E-state index contributed by atoms with van der Waals surface area (Å²) in [5.41, 5.74) is 2.17. The van der Waals surface area contributed by atoms with Gasteiger partial charge in [-0.15, -0.1) is 0 Å². The minimum Gasteiger partial charge on any atom is -0.196 e. The molecule has 2 heteroatoms. The Bertz CT molecular complexity index is 340. The fraction of sp³-hybridized carbons (Fsp3) is 0.222. The van der Waals surface area contributed by atoms with Gasteiger partial charge in [-0.2, -0.15) is 5.26 Å². The average Bonchev–Trinajstić information content (AvgIpc) is 2.02. The first-order valence-electron chi connectivity index (χ1n) is 3.45. The van der Waals surface area contributed by atoms with Crippen LogP contribution in [0.2, 0.25) is 0 Å². The molecule has 0 saturated heterocycles. The van der Waals surface area contributed by atoms with Crippen LogP contribution < -0.4 is 0 Å². The molecular formula is C9H6ClN. The fourth-order valence-corrected chi connectivity index (χ4v) is 1.74. The number of benzene rings is 1. The van der Waals surface area contributed by atoms with Gasteiger partial charge in [-0.05, 0) is 11.1 Å². The van der Waals surface area contributed by atoms with E-state index in [1.807, 2.05) is 24.3 Å². The van der Waals surface area contributed by atoms with Crippen molar-refractivity contribution in [2.75, 3.05) is 0 Å². The Morgan fingerprint density at radius 2 is 2.18 bits per heavy atom. The number of hydrogen-bond acceptors (Lipinski definition) is 1. The van der Waals surface area contributed by atoms with Crippen LogP contribution >= 0.6 is 11.6 Å². The van der Waals surface area contributed by atoms with E-state index >= 15 is 0 Å². The summed E-state index contributed by atoms with van der Waals surface area (Å²) in [6.07, 6.45) is 0.682. The lowest BCUT2D eigenvalue weighted by atomic mass is 9.78. The minimum absolute atomic E-state index is 0.682. The van der Waals surface area contributed by atoms with Gasteiger partial charge < -0.3 is 0 Å². The van der Waals surface area contributed by atoms with Gasteiger partial charge in [0, 0.05) is 6.42 Å². The average molecular weight is 164 g/mol. The van der Waals surface area contributed by atoms with E-state index in [1.54, 1.807) is 0 Å². The van der Waals surface area contributed by atoms with Crippen molar-refractivity contribution in [3.8, 4) is 6.07 Å². The third kappa shape index (κ3) is 0.766. The van der Waals surface area contributed by atoms with E-state index < -0.39 is 4.87 Å². The second-order valence-corrected chi connectivity index (χ2v) is 3.39. The molecule has 0 aromatic heterocycles. The molecule has 0 spiro atoms. The first kappa shape index (κ1) is 6.69. The molecule has 1 aliphatic carbocycles. The number of rotatable bonds is 0. The highest BCUT2D eigenvalue weighted by Crippen LogP contribution is 2.43. The third-order valence-corrected chi connectivity index (χ3v) is 2.48. The van der Waals surface area contributed by atoms with Crippen molar-refractivity contribution in [3.63, 3.8) is 0 Å². The van der Waals surface area contributed by atoms with E-state index in [2.05, 4.69) is 6.07 Å². The number of halogens is 1. The molecule has 0 amide bonds. The van der Waals surface area contributed by atoms with Crippen LogP contribution in [0.4, 0.5) is 0 Å². The molecule has 11 heavy (non-hydrogen) atoms. The maximum Gasteiger partial charge on any atom is 0.160 e. The van der Waals surface area contributed by atoms with Crippen molar-refractivity contribution in [1.29, 1.82) is 5.26 Å². The number of nitrogens with zero attached hydrogens (tertiary/aromatic N) is 1. The van der Waals surface area contributed by atoms with Crippen LogP contribution in [0.15, 0.2) is 24.3 Å². The molecule has 0 saturated carbocycles. The molecule has 0 unspecified atom stereocenters. The second kappa shape index (κ2) is 1.99. The fourth-order valence-electron chi connectivity index (χ4n) is 1.41. The Morgan fingerprint density at radius 1 is 1.45 bits per heavy atom. The summed E-state index contributed by atoms with van der Waals surface area (Å²) < 4.78 is 0. The van der Waals surface area contributed by atoms with Crippen molar-refractivity contribution in [2.45, 2.75) is 11.3 Å². The summed E-state index contributed by atoms with van der Waals surface area (Å²) in [6.45, 7) is 0. The van der Waals surface area contributed by atoms with Gasteiger partial charge >= 0.3 is 0 Å². The van der Waals surface area contributed by atoms with Gasteiger partial charge in [-0.1, -0.05) is 35.9 Å². The number of hydrogen-bond donors (Lipinski definition) is 0. The van der Waals surface area contributed by atoms with Crippen LogP contribution in [0, 0.1) is 11.3 Å². The molecule has 1 atom stereocenters. The quantitative estimate of drug-likeness (QED) is 0.538. The van der Waals surface area contributed by atoms with E-state index in [-0.39, 0.29) is 0 Å². The van der Waals surface area contributed by atoms with Crippen LogP contribution in [0.3, 0.4) is 0 Å². The summed E-state index contributed by atoms with van der Waals surface area (Å²) in [6, 6.07) is 9.89. The van der Waals surface area contributed by atoms with Crippen LogP contribution in [0.25, 0.3) is 0 Å². The lowest BCUT2D eigenvalue weighted by Crippen LogP contribution is -2.31. The zero-order valence-electron chi connectivity index (χ0n) is 5.84. The van der Waals surface area contributed by atoms with Crippen LogP contribution in [-0.2, 0) is 11.3 Å². The monoisotopic (exact) mass is 163 g/mol. The van der Waals surface area contributed by atoms with Gasteiger partial charge in [-0.3, -0.25) is 0 Å². The Hall–Kier alpha value is -1.00. The second-order valence-electron chi connectivity index (χ2n) is 2.75. The molecular weight excluding hydrogens is 158 g/mol. The number of nitriles is 1. The Balaban J connectivity index is 2.53. The van der Waals surface area contributed by atoms with E-state index in [0.29, 0.717) is 6.42 Å².